The lowest BCUT2D eigenvalue weighted by Crippen LogP contribution is -2.10. The Labute approximate surface area is 96.0 Å². The highest BCUT2D eigenvalue weighted by Crippen LogP contribution is 2.23. The van der Waals surface area contributed by atoms with Crippen molar-refractivity contribution in [2.75, 3.05) is 20.1 Å². The van der Waals surface area contributed by atoms with Crippen LogP contribution in [0.3, 0.4) is 0 Å². The van der Waals surface area contributed by atoms with E-state index in [2.05, 4.69) is 34.7 Å². The number of nitrogens with two attached hydrogens (primary N) is 1. The van der Waals surface area contributed by atoms with E-state index in [0.717, 1.165) is 19.4 Å². The van der Waals surface area contributed by atoms with Crippen molar-refractivity contribution in [2.45, 2.75) is 12.8 Å². The molecule has 0 aliphatic rings. The smallest absolute Gasteiger partial charge is 0.0459 e. The number of aromatic amines is 1. The molecule has 0 unspecified atom stereocenters. The number of likely N-dealkylation sites (N-methyl/N-ethyl adjacent to an activating group) is 1. The van der Waals surface area contributed by atoms with E-state index < -0.39 is 0 Å². The van der Waals surface area contributed by atoms with Gasteiger partial charge in [-0.2, -0.15) is 0 Å². The number of rotatable bonds is 5. The Balaban J connectivity index is 2.41. The Morgan fingerprint density at radius 3 is 2.88 bits per heavy atom. The number of H-pyrrole nitrogens is 1. The van der Waals surface area contributed by atoms with Crippen LogP contribution in [0.5, 0.6) is 0 Å². The van der Waals surface area contributed by atoms with Gasteiger partial charge < -0.3 is 16.0 Å². The van der Waals surface area contributed by atoms with Crippen LogP contribution in [0, 0.1) is 0 Å². The van der Waals surface area contributed by atoms with Gasteiger partial charge in [0.15, 0.2) is 0 Å². The molecule has 3 heteroatoms. The molecule has 86 valence electrons. The van der Waals surface area contributed by atoms with Gasteiger partial charge in [-0.15, -0.1) is 0 Å². The van der Waals surface area contributed by atoms with Crippen molar-refractivity contribution in [1.29, 1.82) is 0 Å². The molecule has 0 saturated heterocycles. The first-order chi connectivity index (χ1) is 7.86. The Morgan fingerprint density at radius 2 is 2.12 bits per heavy atom. The second-order valence-electron chi connectivity index (χ2n) is 4.05. The summed E-state index contributed by atoms with van der Waals surface area (Å²) in [7, 11) is 1.98. The van der Waals surface area contributed by atoms with Gasteiger partial charge in [-0.1, -0.05) is 12.1 Å². The normalized spacial score (nSPS) is 11.1. The Morgan fingerprint density at radius 1 is 1.25 bits per heavy atom. The first-order valence-corrected chi connectivity index (χ1v) is 5.79. The number of hydrogen-bond donors (Lipinski definition) is 3. The van der Waals surface area contributed by atoms with E-state index in [4.69, 9.17) is 5.73 Å². The van der Waals surface area contributed by atoms with E-state index in [0.29, 0.717) is 6.54 Å². The molecule has 2 aromatic rings. The maximum absolute atomic E-state index is 5.63. The number of nitrogens with one attached hydrogen (secondary N) is 2. The second kappa shape index (κ2) is 5.14. The van der Waals surface area contributed by atoms with Crippen molar-refractivity contribution in [1.82, 2.24) is 10.3 Å². The quantitative estimate of drug-likeness (QED) is 0.709. The largest absolute Gasteiger partial charge is 0.361 e. The van der Waals surface area contributed by atoms with Gasteiger partial charge in [0.05, 0.1) is 0 Å². The third-order valence-electron chi connectivity index (χ3n) is 2.93. The monoisotopic (exact) mass is 217 g/mol. The molecule has 0 radical (unpaired) electrons. The van der Waals surface area contributed by atoms with Crippen LogP contribution >= 0.6 is 0 Å². The third kappa shape index (κ3) is 2.10. The highest BCUT2D eigenvalue weighted by Gasteiger charge is 2.07. The molecule has 0 aliphatic heterocycles. The van der Waals surface area contributed by atoms with Crippen LogP contribution in [0.4, 0.5) is 0 Å². The standard InChI is InChI=1S/C13H19N3/c1-15-8-6-10-3-2-4-12-13(10)11(5-7-14)9-16-12/h2-4,9,15-16H,5-8,14H2,1H3. The molecule has 1 heterocycles. The van der Waals surface area contributed by atoms with Crippen molar-refractivity contribution in [3.05, 3.63) is 35.5 Å². The van der Waals surface area contributed by atoms with Gasteiger partial charge in [0.25, 0.3) is 0 Å². The minimum Gasteiger partial charge on any atom is -0.361 e. The van der Waals surface area contributed by atoms with Gasteiger partial charge in [0.1, 0.15) is 0 Å². The van der Waals surface area contributed by atoms with Crippen LogP contribution in [0.2, 0.25) is 0 Å². The number of fused-ring (bicyclic) bond motifs is 1. The molecule has 2 rings (SSSR count). The van der Waals surface area contributed by atoms with Crippen LogP contribution in [0.25, 0.3) is 10.9 Å². The summed E-state index contributed by atoms with van der Waals surface area (Å²) in [4.78, 5) is 3.31. The minimum absolute atomic E-state index is 0.702. The highest BCUT2D eigenvalue weighted by atomic mass is 14.8. The zero-order valence-electron chi connectivity index (χ0n) is 9.72. The van der Waals surface area contributed by atoms with Gasteiger partial charge in [-0.05, 0) is 50.2 Å². The fourth-order valence-corrected chi connectivity index (χ4v) is 2.16. The summed E-state index contributed by atoms with van der Waals surface area (Å²) in [5.41, 5.74) is 9.59. The molecular weight excluding hydrogens is 198 g/mol. The SMILES string of the molecule is CNCCc1cccc2[nH]cc(CCN)c12. The Bertz CT molecular complexity index is 459. The summed E-state index contributed by atoms with van der Waals surface area (Å²) >= 11 is 0. The summed E-state index contributed by atoms with van der Waals surface area (Å²) in [6.45, 7) is 1.71. The van der Waals surface area contributed by atoms with Gasteiger partial charge in [0, 0.05) is 17.1 Å². The lowest BCUT2D eigenvalue weighted by atomic mass is 10.0. The average molecular weight is 217 g/mol. The zero-order valence-corrected chi connectivity index (χ0v) is 9.72. The number of hydrogen-bond acceptors (Lipinski definition) is 2. The van der Waals surface area contributed by atoms with Crippen LogP contribution < -0.4 is 11.1 Å². The lowest BCUT2D eigenvalue weighted by Gasteiger charge is -2.05. The van der Waals surface area contributed by atoms with Crippen LogP contribution in [-0.2, 0) is 12.8 Å². The molecule has 1 aromatic carbocycles. The van der Waals surface area contributed by atoms with Crippen molar-refractivity contribution in [3.8, 4) is 0 Å². The van der Waals surface area contributed by atoms with Gasteiger partial charge in [-0.25, -0.2) is 0 Å². The molecular formula is C13H19N3. The van der Waals surface area contributed by atoms with Crippen molar-refractivity contribution < 1.29 is 0 Å². The molecule has 3 nitrogen and oxygen atoms in total. The van der Waals surface area contributed by atoms with Crippen molar-refractivity contribution >= 4 is 10.9 Å². The second-order valence-corrected chi connectivity index (χ2v) is 4.05. The fraction of sp³-hybridized carbons (Fsp3) is 0.385. The summed E-state index contributed by atoms with van der Waals surface area (Å²) in [6.07, 6.45) is 4.08. The van der Waals surface area contributed by atoms with Crippen LogP contribution in [0.1, 0.15) is 11.1 Å². The summed E-state index contributed by atoms with van der Waals surface area (Å²) < 4.78 is 0. The first-order valence-electron chi connectivity index (χ1n) is 5.79. The molecule has 0 saturated carbocycles. The van der Waals surface area contributed by atoms with Crippen LogP contribution in [-0.4, -0.2) is 25.1 Å². The minimum atomic E-state index is 0.702. The molecule has 0 spiro atoms. The highest BCUT2D eigenvalue weighted by molar-refractivity contribution is 5.86. The molecule has 0 aliphatic carbocycles. The Kier molecular flexibility index (Phi) is 3.59. The van der Waals surface area contributed by atoms with Crippen LogP contribution in [0.15, 0.2) is 24.4 Å². The fourth-order valence-electron chi connectivity index (χ4n) is 2.16. The number of benzene rings is 1. The Hall–Kier alpha value is -1.32. The maximum atomic E-state index is 5.63. The molecule has 1 aromatic heterocycles. The van der Waals surface area contributed by atoms with E-state index in [9.17, 15) is 0 Å². The van der Waals surface area contributed by atoms with Gasteiger partial charge >= 0.3 is 0 Å². The lowest BCUT2D eigenvalue weighted by molar-refractivity contribution is 0.794. The van der Waals surface area contributed by atoms with E-state index in [1.54, 1.807) is 0 Å². The summed E-state index contributed by atoms with van der Waals surface area (Å²) in [5.74, 6) is 0. The summed E-state index contributed by atoms with van der Waals surface area (Å²) in [5, 5.41) is 4.55. The zero-order chi connectivity index (χ0) is 11.4. The molecule has 0 bridgehead atoms. The first kappa shape index (κ1) is 11.2. The average Bonchev–Trinajstić information content (AvgIpc) is 2.71. The molecule has 0 fully saturated rings. The van der Waals surface area contributed by atoms with Gasteiger partial charge in [0.2, 0.25) is 0 Å². The van der Waals surface area contributed by atoms with Crippen molar-refractivity contribution in [3.63, 3.8) is 0 Å². The summed E-state index contributed by atoms with van der Waals surface area (Å²) in [6, 6.07) is 6.43. The van der Waals surface area contributed by atoms with E-state index >= 15 is 0 Å². The van der Waals surface area contributed by atoms with Gasteiger partial charge in [-0.3, -0.25) is 0 Å². The predicted octanol–water partition coefficient (Wildman–Crippen LogP) is 1.43. The van der Waals surface area contributed by atoms with Crippen molar-refractivity contribution in [2.24, 2.45) is 5.73 Å². The molecule has 16 heavy (non-hydrogen) atoms. The van der Waals surface area contributed by atoms with E-state index in [-0.39, 0.29) is 0 Å². The molecule has 4 N–H and O–H groups in total. The van der Waals surface area contributed by atoms with E-state index in [1.165, 1.54) is 22.0 Å². The third-order valence-corrected chi connectivity index (χ3v) is 2.93. The molecule has 0 amide bonds. The number of aromatic nitrogens is 1. The molecule has 0 atom stereocenters. The van der Waals surface area contributed by atoms with E-state index in [1.807, 2.05) is 7.05 Å². The predicted molar refractivity (Wildman–Crippen MR) is 68.7 cm³/mol. The maximum Gasteiger partial charge on any atom is 0.0459 e. The topological polar surface area (TPSA) is 53.8 Å².